The Morgan fingerprint density at radius 1 is 1.22 bits per heavy atom. The zero-order valence-electron chi connectivity index (χ0n) is 13.0. The van der Waals surface area contributed by atoms with Crippen LogP contribution in [0.25, 0.3) is 0 Å². The molecule has 0 radical (unpaired) electrons. The van der Waals surface area contributed by atoms with Gasteiger partial charge < -0.3 is 10.4 Å². The van der Waals surface area contributed by atoms with E-state index in [0.29, 0.717) is 31.2 Å². The minimum Gasteiger partial charge on any atom is -0.481 e. The van der Waals surface area contributed by atoms with Gasteiger partial charge in [0.05, 0.1) is 16.6 Å². The standard InChI is InChI=1S/C16H21NO5S/c1-2-23(21,22)14-5-3-4-12(10-14)15(18)17-13-8-6-11(7-9-13)16(19)20/h3-5,10-11,13H,2,6-9H2,1H3,(H,17,18)(H,19,20). The van der Waals surface area contributed by atoms with Gasteiger partial charge in [-0.3, -0.25) is 9.59 Å². The molecule has 23 heavy (non-hydrogen) atoms. The SMILES string of the molecule is CCS(=O)(=O)c1cccc(C(=O)NC2CCC(C(=O)O)CC2)c1. The van der Waals surface area contributed by atoms with E-state index >= 15 is 0 Å². The number of nitrogens with one attached hydrogen (secondary N) is 1. The molecule has 1 saturated carbocycles. The van der Waals surface area contributed by atoms with E-state index in [1.54, 1.807) is 19.1 Å². The first kappa shape index (κ1) is 17.5. The molecule has 0 heterocycles. The van der Waals surface area contributed by atoms with Crippen molar-refractivity contribution in [1.29, 1.82) is 0 Å². The summed E-state index contributed by atoms with van der Waals surface area (Å²) in [5.74, 6) is -1.46. The summed E-state index contributed by atoms with van der Waals surface area (Å²) < 4.78 is 23.8. The highest BCUT2D eigenvalue weighted by Crippen LogP contribution is 2.24. The Labute approximate surface area is 135 Å². The van der Waals surface area contributed by atoms with Crippen LogP contribution in [0.5, 0.6) is 0 Å². The second kappa shape index (κ2) is 7.12. The number of carboxylic acids is 1. The zero-order valence-corrected chi connectivity index (χ0v) is 13.8. The third-order valence-electron chi connectivity index (χ3n) is 4.25. The normalized spacial score (nSPS) is 21.6. The molecule has 1 fully saturated rings. The molecule has 0 saturated heterocycles. The van der Waals surface area contributed by atoms with E-state index in [4.69, 9.17) is 5.11 Å². The highest BCUT2D eigenvalue weighted by atomic mass is 32.2. The van der Waals surface area contributed by atoms with Gasteiger partial charge in [-0.15, -0.1) is 0 Å². The maximum atomic E-state index is 12.3. The van der Waals surface area contributed by atoms with Gasteiger partial charge in [0, 0.05) is 11.6 Å². The van der Waals surface area contributed by atoms with Crippen molar-refractivity contribution >= 4 is 21.7 Å². The lowest BCUT2D eigenvalue weighted by molar-refractivity contribution is -0.142. The molecular weight excluding hydrogens is 318 g/mol. The van der Waals surface area contributed by atoms with Crippen molar-refractivity contribution in [2.45, 2.75) is 43.5 Å². The maximum Gasteiger partial charge on any atom is 0.306 e. The number of carboxylic acid groups (broad SMARTS) is 1. The Morgan fingerprint density at radius 3 is 2.43 bits per heavy atom. The van der Waals surface area contributed by atoms with E-state index in [0.717, 1.165) is 0 Å². The highest BCUT2D eigenvalue weighted by molar-refractivity contribution is 7.91. The van der Waals surface area contributed by atoms with E-state index in [9.17, 15) is 18.0 Å². The summed E-state index contributed by atoms with van der Waals surface area (Å²) in [7, 11) is -3.35. The number of aliphatic carboxylic acids is 1. The molecule has 0 aliphatic heterocycles. The summed E-state index contributed by atoms with van der Waals surface area (Å²) in [5, 5.41) is 11.8. The summed E-state index contributed by atoms with van der Waals surface area (Å²) in [6, 6.07) is 5.93. The molecule has 1 aromatic carbocycles. The van der Waals surface area contributed by atoms with Crippen molar-refractivity contribution in [2.75, 3.05) is 5.75 Å². The van der Waals surface area contributed by atoms with E-state index in [1.807, 2.05) is 0 Å². The molecule has 2 N–H and O–H groups in total. The van der Waals surface area contributed by atoms with Gasteiger partial charge in [-0.1, -0.05) is 13.0 Å². The summed E-state index contributed by atoms with van der Waals surface area (Å²) in [6.07, 6.45) is 2.33. The lowest BCUT2D eigenvalue weighted by Gasteiger charge is -2.26. The average molecular weight is 339 g/mol. The third-order valence-corrected chi connectivity index (χ3v) is 5.98. The minimum atomic E-state index is -3.35. The van der Waals surface area contributed by atoms with Crippen LogP contribution in [-0.4, -0.2) is 37.2 Å². The number of rotatable bonds is 5. The average Bonchev–Trinajstić information content (AvgIpc) is 2.55. The monoisotopic (exact) mass is 339 g/mol. The van der Waals surface area contributed by atoms with Gasteiger partial charge in [0.25, 0.3) is 5.91 Å². The first-order chi connectivity index (χ1) is 10.8. The van der Waals surface area contributed by atoms with Crippen LogP contribution < -0.4 is 5.32 Å². The van der Waals surface area contributed by atoms with Crippen LogP contribution in [0, 0.1) is 5.92 Å². The van der Waals surface area contributed by atoms with Crippen molar-refractivity contribution in [3.8, 4) is 0 Å². The molecule has 0 atom stereocenters. The summed E-state index contributed by atoms with van der Waals surface area (Å²) in [5.41, 5.74) is 0.305. The second-order valence-corrected chi connectivity index (χ2v) is 8.07. The van der Waals surface area contributed by atoms with Crippen LogP contribution in [0.15, 0.2) is 29.2 Å². The molecule has 2 rings (SSSR count). The largest absolute Gasteiger partial charge is 0.481 e. The molecule has 6 nitrogen and oxygen atoms in total. The Morgan fingerprint density at radius 2 is 1.87 bits per heavy atom. The Hall–Kier alpha value is -1.89. The van der Waals surface area contributed by atoms with Crippen LogP contribution >= 0.6 is 0 Å². The van der Waals surface area contributed by atoms with Gasteiger partial charge in [-0.25, -0.2) is 8.42 Å². The maximum absolute atomic E-state index is 12.3. The van der Waals surface area contributed by atoms with E-state index in [-0.39, 0.29) is 28.5 Å². The molecule has 0 bridgehead atoms. The smallest absolute Gasteiger partial charge is 0.306 e. The van der Waals surface area contributed by atoms with Crippen molar-refractivity contribution < 1.29 is 23.1 Å². The van der Waals surface area contributed by atoms with Crippen LogP contribution in [0.1, 0.15) is 43.0 Å². The number of hydrogen-bond acceptors (Lipinski definition) is 4. The molecule has 126 valence electrons. The van der Waals surface area contributed by atoms with E-state index < -0.39 is 15.8 Å². The fourth-order valence-electron chi connectivity index (χ4n) is 2.75. The van der Waals surface area contributed by atoms with Gasteiger partial charge in [-0.2, -0.15) is 0 Å². The molecule has 1 aliphatic carbocycles. The van der Waals surface area contributed by atoms with Crippen molar-refractivity contribution in [1.82, 2.24) is 5.32 Å². The lowest BCUT2D eigenvalue weighted by atomic mass is 9.86. The summed E-state index contributed by atoms with van der Waals surface area (Å²) in [4.78, 5) is 23.3. The second-order valence-electron chi connectivity index (χ2n) is 5.79. The van der Waals surface area contributed by atoms with Gasteiger partial charge in [-0.05, 0) is 43.9 Å². The Kier molecular flexibility index (Phi) is 5.41. The predicted molar refractivity (Wildman–Crippen MR) is 85.0 cm³/mol. The molecule has 0 spiro atoms. The van der Waals surface area contributed by atoms with Gasteiger partial charge in [0.15, 0.2) is 9.84 Å². The molecule has 0 unspecified atom stereocenters. The molecule has 1 aliphatic rings. The molecule has 0 aromatic heterocycles. The fraction of sp³-hybridized carbons (Fsp3) is 0.500. The van der Waals surface area contributed by atoms with Crippen LogP contribution in [0.4, 0.5) is 0 Å². The predicted octanol–water partition coefficient (Wildman–Crippen LogP) is 1.85. The molecular formula is C16H21NO5S. The number of amides is 1. The van der Waals surface area contributed by atoms with E-state index in [1.165, 1.54) is 12.1 Å². The number of sulfone groups is 1. The number of hydrogen-bond donors (Lipinski definition) is 2. The Bertz CT molecular complexity index is 690. The first-order valence-corrected chi connectivity index (χ1v) is 9.35. The quantitative estimate of drug-likeness (QED) is 0.853. The molecule has 7 heteroatoms. The molecule has 1 aromatic rings. The summed E-state index contributed by atoms with van der Waals surface area (Å²) >= 11 is 0. The molecule has 1 amide bonds. The van der Waals surface area contributed by atoms with Gasteiger partial charge in [0.2, 0.25) is 0 Å². The number of benzene rings is 1. The van der Waals surface area contributed by atoms with Crippen LogP contribution in [-0.2, 0) is 14.6 Å². The zero-order chi connectivity index (χ0) is 17.0. The topological polar surface area (TPSA) is 101 Å². The first-order valence-electron chi connectivity index (χ1n) is 7.70. The highest BCUT2D eigenvalue weighted by Gasteiger charge is 2.27. The third kappa shape index (κ3) is 4.31. The summed E-state index contributed by atoms with van der Waals surface area (Å²) in [6.45, 7) is 1.56. The van der Waals surface area contributed by atoms with E-state index in [2.05, 4.69) is 5.32 Å². The van der Waals surface area contributed by atoms with Crippen molar-refractivity contribution in [3.05, 3.63) is 29.8 Å². The lowest BCUT2D eigenvalue weighted by Crippen LogP contribution is -2.38. The van der Waals surface area contributed by atoms with Gasteiger partial charge >= 0.3 is 5.97 Å². The fourth-order valence-corrected chi connectivity index (χ4v) is 3.68. The Balaban J connectivity index is 2.02. The number of carbonyl (C=O) groups is 2. The van der Waals surface area contributed by atoms with Crippen molar-refractivity contribution in [3.63, 3.8) is 0 Å². The van der Waals surface area contributed by atoms with Gasteiger partial charge in [0.1, 0.15) is 0 Å². The van der Waals surface area contributed by atoms with Crippen LogP contribution in [0.3, 0.4) is 0 Å². The van der Waals surface area contributed by atoms with Crippen molar-refractivity contribution in [2.24, 2.45) is 5.92 Å². The van der Waals surface area contributed by atoms with Crippen LogP contribution in [0.2, 0.25) is 0 Å². The minimum absolute atomic E-state index is 0.0166. The number of carbonyl (C=O) groups excluding carboxylic acids is 1.